The zero-order valence-corrected chi connectivity index (χ0v) is 11.2. The Bertz CT molecular complexity index is 444. The van der Waals surface area contributed by atoms with Crippen LogP contribution < -0.4 is 5.32 Å². The van der Waals surface area contributed by atoms with Crippen molar-refractivity contribution in [2.45, 2.75) is 19.1 Å². The number of benzene rings is 1. The van der Waals surface area contributed by atoms with Gasteiger partial charge >= 0.3 is 0 Å². The number of aliphatic hydroxyl groups excluding tert-OH is 1. The third-order valence-corrected chi connectivity index (χ3v) is 3.48. The molecule has 2 N–H and O–H groups in total. The number of nitrogens with one attached hydrogen (secondary N) is 1. The second-order valence-corrected chi connectivity index (χ2v) is 5.16. The highest BCUT2D eigenvalue weighted by molar-refractivity contribution is 6.31. The lowest BCUT2D eigenvalue weighted by Crippen LogP contribution is -2.44. The predicted octanol–water partition coefficient (Wildman–Crippen LogP) is 1.05. The fraction of sp³-hybridized carbons (Fsp3) is 0.462. The third-order valence-electron chi connectivity index (χ3n) is 3.26. The fourth-order valence-electron chi connectivity index (χ4n) is 2.26. The summed E-state index contributed by atoms with van der Waals surface area (Å²) in [7, 11) is 1.71. The second-order valence-electron chi connectivity index (χ2n) is 4.73. The van der Waals surface area contributed by atoms with E-state index in [2.05, 4.69) is 5.32 Å². The van der Waals surface area contributed by atoms with Crippen LogP contribution in [0.3, 0.4) is 0 Å². The van der Waals surface area contributed by atoms with E-state index in [9.17, 15) is 9.90 Å². The lowest BCUT2D eigenvalue weighted by molar-refractivity contribution is 0.0581. The summed E-state index contributed by atoms with van der Waals surface area (Å²) in [4.78, 5) is 13.9. The average Bonchev–Trinajstić information content (AvgIpc) is 2.72. The number of hydrogen-bond acceptors (Lipinski definition) is 3. The number of aryl methyl sites for hydroxylation is 1. The van der Waals surface area contributed by atoms with E-state index in [0.717, 1.165) is 5.56 Å². The Morgan fingerprint density at radius 1 is 1.44 bits per heavy atom. The van der Waals surface area contributed by atoms with Gasteiger partial charge in [-0.3, -0.25) is 4.79 Å². The van der Waals surface area contributed by atoms with Crippen LogP contribution in [0.2, 0.25) is 5.02 Å². The van der Waals surface area contributed by atoms with Crippen molar-refractivity contribution in [2.24, 2.45) is 0 Å². The number of nitrogens with zero attached hydrogens (tertiary/aromatic N) is 1. The van der Waals surface area contributed by atoms with Crippen LogP contribution in [-0.4, -0.2) is 48.2 Å². The number of hydrogen-bond donors (Lipinski definition) is 2. The van der Waals surface area contributed by atoms with E-state index in [1.165, 1.54) is 0 Å². The van der Waals surface area contributed by atoms with Crippen LogP contribution in [0.15, 0.2) is 18.2 Å². The van der Waals surface area contributed by atoms with Gasteiger partial charge < -0.3 is 15.3 Å². The largest absolute Gasteiger partial charge is 0.390 e. The van der Waals surface area contributed by atoms with Gasteiger partial charge in [0.25, 0.3) is 5.91 Å². The van der Waals surface area contributed by atoms with Gasteiger partial charge in [-0.1, -0.05) is 11.6 Å². The summed E-state index contributed by atoms with van der Waals surface area (Å²) in [6.07, 6.45) is -0.515. The maximum absolute atomic E-state index is 12.3. The first-order valence-corrected chi connectivity index (χ1v) is 6.30. The van der Waals surface area contributed by atoms with Crippen LogP contribution in [0.4, 0.5) is 0 Å². The lowest BCUT2D eigenvalue weighted by Gasteiger charge is -2.26. The van der Waals surface area contributed by atoms with Crippen LogP contribution in [0.25, 0.3) is 0 Å². The number of amides is 1. The molecule has 1 amide bonds. The SMILES string of the molecule is Cc1cc(Cl)cc(C(=O)N(C)[C@H]2CNC[C@@H]2O)c1. The molecule has 18 heavy (non-hydrogen) atoms. The molecular weight excluding hydrogens is 252 g/mol. The molecule has 0 aromatic heterocycles. The van der Waals surface area contributed by atoms with Gasteiger partial charge in [0.05, 0.1) is 12.1 Å². The molecule has 0 radical (unpaired) electrons. The summed E-state index contributed by atoms with van der Waals surface area (Å²) in [6, 6.07) is 5.09. The summed E-state index contributed by atoms with van der Waals surface area (Å²) in [5.41, 5.74) is 1.51. The Kier molecular flexibility index (Phi) is 3.90. The van der Waals surface area contributed by atoms with Crippen molar-refractivity contribution in [3.63, 3.8) is 0 Å². The van der Waals surface area contributed by atoms with E-state index in [1.54, 1.807) is 24.1 Å². The molecule has 2 atom stereocenters. The molecule has 4 nitrogen and oxygen atoms in total. The maximum atomic E-state index is 12.3. The number of rotatable bonds is 2. The van der Waals surface area contributed by atoms with E-state index in [0.29, 0.717) is 23.7 Å². The molecule has 2 rings (SSSR count). The topological polar surface area (TPSA) is 52.6 Å². The van der Waals surface area contributed by atoms with Crippen molar-refractivity contribution < 1.29 is 9.90 Å². The van der Waals surface area contributed by atoms with Gasteiger partial charge in [0.15, 0.2) is 0 Å². The average molecular weight is 269 g/mol. The molecule has 1 heterocycles. The van der Waals surface area contributed by atoms with Gasteiger partial charge in [-0.05, 0) is 30.7 Å². The van der Waals surface area contributed by atoms with Gasteiger partial charge in [-0.2, -0.15) is 0 Å². The molecule has 1 saturated heterocycles. The van der Waals surface area contributed by atoms with Gasteiger partial charge in [0.2, 0.25) is 0 Å². The molecule has 1 aromatic carbocycles. The van der Waals surface area contributed by atoms with Crippen LogP contribution in [0.5, 0.6) is 0 Å². The fourth-order valence-corrected chi connectivity index (χ4v) is 2.55. The highest BCUT2D eigenvalue weighted by Crippen LogP contribution is 2.18. The third kappa shape index (κ3) is 2.66. The summed E-state index contributed by atoms with van der Waals surface area (Å²) < 4.78 is 0. The summed E-state index contributed by atoms with van der Waals surface area (Å²) in [5.74, 6) is -0.117. The van der Waals surface area contributed by atoms with Gasteiger partial charge in [-0.15, -0.1) is 0 Å². The molecule has 1 aromatic rings. The summed E-state index contributed by atoms with van der Waals surface area (Å²) >= 11 is 5.95. The predicted molar refractivity (Wildman–Crippen MR) is 70.9 cm³/mol. The van der Waals surface area contributed by atoms with Gasteiger partial charge in [0, 0.05) is 30.7 Å². The van der Waals surface area contributed by atoms with Gasteiger partial charge in [-0.25, -0.2) is 0 Å². The molecule has 1 aliphatic rings. The Morgan fingerprint density at radius 3 is 2.72 bits per heavy atom. The monoisotopic (exact) mass is 268 g/mol. The van der Waals surface area contributed by atoms with E-state index < -0.39 is 6.10 Å². The minimum Gasteiger partial charge on any atom is -0.390 e. The molecule has 0 unspecified atom stereocenters. The standard InChI is InChI=1S/C13H17ClN2O2/c1-8-3-9(5-10(14)4-8)13(18)16(2)11-6-15-7-12(11)17/h3-5,11-12,15,17H,6-7H2,1-2H3/t11-,12-/m0/s1. The van der Waals surface area contributed by atoms with Crippen molar-refractivity contribution in [1.82, 2.24) is 10.2 Å². The Morgan fingerprint density at radius 2 is 2.17 bits per heavy atom. The smallest absolute Gasteiger partial charge is 0.254 e. The minimum absolute atomic E-state index is 0.117. The van der Waals surface area contributed by atoms with Crippen molar-refractivity contribution in [3.05, 3.63) is 34.3 Å². The minimum atomic E-state index is -0.515. The van der Waals surface area contributed by atoms with Crippen molar-refractivity contribution in [3.8, 4) is 0 Å². The maximum Gasteiger partial charge on any atom is 0.254 e. The quantitative estimate of drug-likeness (QED) is 0.843. The van der Waals surface area contributed by atoms with Gasteiger partial charge in [0.1, 0.15) is 0 Å². The zero-order chi connectivity index (χ0) is 13.3. The normalized spacial score (nSPS) is 23.1. The molecule has 1 fully saturated rings. The lowest BCUT2D eigenvalue weighted by atomic mass is 10.1. The molecule has 1 aliphatic heterocycles. The molecule has 0 saturated carbocycles. The molecule has 98 valence electrons. The number of carbonyl (C=O) groups excluding carboxylic acids is 1. The first-order valence-electron chi connectivity index (χ1n) is 5.92. The number of aliphatic hydroxyl groups is 1. The zero-order valence-electron chi connectivity index (χ0n) is 10.5. The summed E-state index contributed by atoms with van der Waals surface area (Å²) in [5, 5.41) is 13.4. The van der Waals surface area contributed by atoms with Crippen molar-refractivity contribution in [1.29, 1.82) is 0 Å². The van der Waals surface area contributed by atoms with Crippen molar-refractivity contribution >= 4 is 17.5 Å². The molecular formula is C13H17ClN2O2. The summed E-state index contributed by atoms with van der Waals surface area (Å²) in [6.45, 7) is 3.04. The highest BCUT2D eigenvalue weighted by atomic mass is 35.5. The first-order chi connectivity index (χ1) is 8.49. The molecule has 0 bridgehead atoms. The Hall–Kier alpha value is -1.10. The number of likely N-dealkylation sites (N-methyl/N-ethyl adjacent to an activating group) is 1. The Labute approximate surface area is 112 Å². The van der Waals surface area contributed by atoms with Crippen LogP contribution in [0.1, 0.15) is 15.9 Å². The number of halogens is 1. The number of β-amino-alcohol motifs (C(OH)–C–C–N with tert-alkyl or cyclic N) is 1. The van der Waals surface area contributed by atoms with Crippen LogP contribution in [0, 0.1) is 6.92 Å². The van der Waals surface area contributed by atoms with E-state index >= 15 is 0 Å². The number of carbonyl (C=O) groups is 1. The van der Waals surface area contributed by atoms with Crippen LogP contribution in [-0.2, 0) is 0 Å². The highest BCUT2D eigenvalue weighted by Gasteiger charge is 2.31. The van der Waals surface area contributed by atoms with E-state index in [4.69, 9.17) is 11.6 Å². The molecule has 0 aliphatic carbocycles. The molecule has 5 heteroatoms. The second kappa shape index (κ2) is 5.26. The Balaban J connectivity index is 2.19. The first kappa shape index (κ1) is 13.3. The van der Waals surface area contributed by atoms with Crippen LogP contribution >= 0.6 is 11.6 Å². The van der Waals surface area contributed by atoms with Crippen molar-refractivity contribution in [2.75, 3.05) is 20.1 Å². The van der Waals surface area contributed by atoms with E-state index in [1.807, 2.05) is 13.0 Å². The van der Waals surface area contributed by atoms with E-state index in [-0.39, 0.29) is 11.9 Å². The molecule has 0 spiro atoms.